The summed E-state index contributed by atoms with van der Waals surface area (Å²) in [5.41, 5.74) is 3.72. The number of aliphatic imine (C=N–C) groups is 1. The lowest BCUT2D eigenvalue weighted by Gasteiger charge is -2.24. The van der Waals surface area contributed by atoms with Crippen LogP contribution in [0.1, 0.15) is 29.7 Å². The Hall–Kier alpha value is -1.26. The summed E-state index contributed by atoms with van der Waals surface area (Å²) in [6.45, 7) is 6.45. The second-order valence-electron chi connectivity index (χ2n) is 6.82. The maximum Gasteiger partial charge on any atom is 0.191 e. The summed E-state index contributed by atoms with van der Waals surface area (Å²) < 4.78 is 1.84. The SMILES string of the molecule is CCNC(=NCc1ccc(C)cc1SC)NCC(c1cnn(C)c1)N(C)C.I. The number of likely N-dealkylation sites (N-methyl/N-ethyl adjacent to an activating group) is 1. The van der Waals surface area contributed by atoms with Crippen LogP contribution in [0.2, 0.25) is 0 Å². The van der Waals surface area contributed by atoms with Crippen LogP contribution >= 0.6 is 35.7 Å². The predicted molar refractivity (Wildman–Crippen MR) is 131 cm³/mol. The average molecular weight is 516 g/mol. The summed E-state index contributed by atoms with van der Waals surface area (Å²) in [7, 11) is 6.11. The molecule has 2 aromatic rings. The molecule has 0 aliphatic heterocycles. The minimum absolute atomic E-state index is 0. The van der Waals surface area contributed by atoms with Crippen LogP contribution in [0, 0.1) is 6.92 Å². The number of aryl methyl sites for hydroxylation is 2. The minimum atomic E-state index is 0. The number of nitrogens with zero attached hydrogens (tertiary/aromatic N) is 4. The molecule has 2 rings (SSSR count). The number of benzene rings is 1. The number of rotatable bonds is 8. The van der Waals surface area contributed by atoms with Gasteiger partial charge >= 0.3 is 0 Å². The Labute approximate surface area is 190 Å². The van der Waals surface area contributed by atoms with E-state index in [1.807, 2.05) is 17.9 Å². The van der Waals surface area contributed by atoms with E-state index < -0.39 is 0 Å². The van der Waals surface area contributed by atoms with Gasteiger partial charge in [0.25, 0.3) is 0 Å². The highest BCUT2D eigenvalue weighted by Gasteiger charge is 2.16. The van der Waals surface area contributed by atoms with E-state index in [2.05, 4.69) is 79.2 Å². The zero-order chi connectivity index (χ0) is 19.8. The summed E-state index contributed by atoms with van der Waals surface area (Å²) in [6.07, 6.45) is 6.10. The lowest BCUT2D eigenvalue weighted by molar-refractivity contribution is 0.298. The fourth-order valence-corrected chi connectivity index (χ4v) is 3.59. The number of nitrogens with one attached hydrogen (secondary N) is 2. The van der Waals surface area contributed by atoms with Gasteiger partial charge in [0, 0.05) is 36.8 Å². The maximum atomic E-state index is 4.79. The van der Waals surface area contributed by atoms with Gasteiger partial charge in [-0.25, -0.2) is 4.99 Å². The third-order valence-electron chi connectivity index (χ3n) is 4.39. The van der Waals surface area contributed by atoms with Crippen molar-refractivity contribution in [2.75, 3.05) is 33.4 Å². The predicted octanol–water partition coefficient (Wildman–Crippen LogP) is 3.43. The fourth-order valence-electron chi connectivity index (χ4n) is 2.89. The van der Waals surface area contributed by atoms with Crippen LogP contribution < -0.4 is 10.6 Å². The van der Waals surface area contributed by atoms with Gasteiger partial charge in [-0.3, -0.25) is 4.68 Å². The fraction of sp³-hybridized carbons (Fsp3) is 0.500. The minimum Gasteiger partial charge on any atom is -0.357 e. The van der Waals surface area contributed by atoms with Gasteiger partial charge in [-0.2, -0.15) is 5.10 Å². The van der Waals surface area contributed by atoms with E-state index in [9.17, 15) is 0 Å². The number of halogens is 1. The third-order valence-corrected chi connectivity index (χ3v) is 5.21. The van der Waals surface area contributed by atoms with E-state index in [1.165, 1.54) is 21.6 Å². The van der Waals surface area contributed by atoms with Crippen molar-refractivity contribution in [3.63, 3.8) is 0 Å². The van der Waals surface area contributed by atoms with Crippen molar-refractivity contribution in [3.8, 4) is 0 Å². The molecule has 0 radical (unpaired) electrons. The van der Waals surface area contributed by atoms with Crippen LogP contribution in [0.5, 0.6) is 0 Å². The van der Waals surface area contributed by atoms with Gasteiger partial charge < -0.3 is 15.5 Å². The molecule has 0 spiro atoms. The summed E-state index contributed by atoms with van der Waals surface area (Å²) in [4.78, 5) is 8.28. The zero-order valence-electron chi connectivity index (χ0n) is 17.7. The van der Waals surface area contributed by atoms with Crippen molar-refractivity contribution < 1.29 is 0 Å². The highest BCUT2D eigenvalue weighted by atomic mass is 127. The first-order chi connectivity index (χ1) is 12.9. The number of guanidine groups is 1. The van der Waals surface area contributed by atoms with E-state index in [-0.39, 0.29) is 30.0 Å². The molecule has 0 saturated carbocycles. The van der Waals surface area contributed by atoms with E-state index in [4.69, 9.17) is 4.99 Å². The molecular formula is C20H33IN6S. The number of aromatic nitrogens is 2. The molecule has 1 aromatic heterocycles. The van der Waals surface area contributed by atoms with Gasteiger partial charge in [0.2, 0.25) is 0 Å². The normalized spacial score (nSPS) is 12.6. The van der Waals surface area contributed by atoms with Crippen LogP contribution in [0.25, 0.3) is 0 Å². The van der Waals surface area contributed by atoms with Gasteiger partial charge in [0.15, 0.2) is 5.96 Å². The molecule has 156 valence electrons. The standard InChI is InChI=1S/C20H32N6S.HI/c1-7-21-20(22-11-16-9-8-15(2)10-19(16)27-6)23-13-18(25(3)4)17-12-24-26(5)14-17;/h8-10,12,14,18H,7,11,13H2,1-6H3,(H2,21,22,23);1H. The van der Waals surface area contributed by atoms with Gasteiger partial charge in [-0.05, 0) is 51.4 Å². The second kappa shape index (κ2) is 12.3. The first-order valence-electron chi connectivity index (χ1n) is 9.25. The Morgan fingerprint density at radius 3 is 2.64 bits per heavy atom. The first kappa shape index (κ1) is 24.8. The second-order valence-corrected chi connectivity index (χ2v) is 7.67. The molecule has 0 aliphatic carbocycles. The molecule has 1 heterocycles. The largest absolute Gasteiger partial charge is 0.357 e. The Morgan fingerprint density at radius 2 is 2.07 bits per heavy atom. The lowest BCUT2D eigenvalue weighted by atomic mass is 10.1. The molecule has 2 N–H and O–H groups in total. The van der Waals surface area contributed by atoms with Crippen molar-refractivity contribution in [1.29, 1.82) is 0 Å². The van der Waals surface area contributed by atoms with Gasteiger partial charge in [-0.15, -0.1) is 35.7 Å². The summed E-state index contributed by atoms with van der Waals surface area (Å²) in [5.74, 6) is 0.834. The van der Waals surface area contributed by atoms with Crippen LogP contribution in [-0.2, 0) is 13.6 Å². The molecule has 1 atom stereocenters. The lowest BCUT2D eigenvalue weighted by Crippen LogP contribution is -2.41. The van der Waals surface area contributed by atoms with E-state index >= 15 is 0 Å². The molecule has 0 aliphatic rings. The highest BCUT2D eigenvalue weighted by molar-refractivity contribution is 14.0. The maximum absolute atomic E-state index is 4.79. The quantitative estimate of drug-likeness (QED) is 0.244. The van der Waals surface area contributed by atoms with Gasteiger partial charge in [-0.1, -0.05) is 12.1 Å². The number of hydrogen-bond acceptors (Lipinski definition) is 4. The summed E-state index contributed by atoms with van der Waals surface area (Å²) in [5, 5.41) is 11.1. The Morgan fingerprint density at radius 1 is 1.32 bits per heavy atom. The molecule has 0 saturated heterocycles. The molecular weight excluding hydrogens is 483 g/mol. The van der Waals surface area contributed by atoms with E-state index in [0.717, 1.165) is 19.0 Å². The smallest absolute Gasteiger partial charge is 0.191 e. The van der Waals surface area contributed by atoms with Crippen molar-refractivity contribution in [1.82, 2.24) is 25.3 Å². The Bertz CT molecular complexity index is 759. The van der Waals surface area contributed by atoms with Gasteiger partial charge in [0.1, 0.15) is 0 Å². The van der Waals surface area contributed by atoms with Crippen LogP contribution in [0.4, 0.5) is 0 Å². The van der Waals surface area contributed by atoms with Crippen molar-refractivity contribution in [2.45, 2.75) is 31.3 Å². The molecule has 0 amide bonds. The molecule has 28 heavy (non-hydrogen) atoms. The van der Waals surface area contributed by atoms with E-state index in [1.54, 1.807) is 11.8 Å². The monoisotopic (exact) mass is 516 g/mol. The summed E-state index contributed by atoms with van der Waals surface area (Å²) in [6, 6.07) is 6.77. The van der Waals surface area contributed by atoms with Crippen LogP contribution in [0.3, 0.4) is 0 Å². The van der Waals surface area contributed by atoms with Crippen LogP contribution in [-0.4, -0.2) is 54.1 Å². The first-order valence-corrected chi connectivity index (χ1v) is 10.5. The molecule has 1 aromatic carbocycles. The third kappa shape index (κ3) is 7.29. The zero-order valence-corrected chi connectivity index (χ0v) is 20.8. The number of hydrogen-bond donors (Lipinski definition) is 2. The molecule has 0 fully saturated rings. The van der Waals surface area contributed by atoms with Gasteiger partial charge in [0.05, 0.1) is 18.8 Å². The Kier molecular flexibility index (Phi) is 10.9. The molecule has 6 nitrogen and oxygen atoms in total. The topological polar surface area (TPSA) is 57.5 Å². The van der Waals surface area contributed by atoms with Crippen molar-refractivity contribution in [2.24, 2.45) is 12.0 Å². The van der Waals surface area contributed by atoms with Crippen LogP contribution in [0.15, 0.2) is 40.5 Å². The summed E-state index contributed by atoms with van der Waals surface area (Å²) >= 11 is 1.77. The van der Waals surface area contributed by atoms with Crippen molar-refractivity contribution >= 4 is 41.7 Å². The molecule has 0 bridgehead atoms. The Balaban J connectivity index is 0.00000392. The van der Waals surface area contributed by atoms with Crippen molar-refractivity contribution in [3.05, 3.63) is 47.3 Å². The van der Waals surface area contributed by atoms with E-state index in [0.29, 0.717) is 6.54 Å². The molecule has 1 unspecified atom stereocenters. The highest BCUT2D eigenvalue weighted by Crippen LogP contribution is 2.22. The number of thioether (sulfide) groups is 1. The molecule has 8 heteroatoms. The average Bonchev–Trinajstić information content (AvgIpc) is 3.06.